The molecule has 0 aromatic rings. The number of allylic oxidation sites excluding steroid dienone is 2. The first-order valence-electron chi connectivity index (χ1n) is 14.4. The normalized spacial score (nSPS) is 14.0. The van der Waals surface area contributed by atoms with E-state index < -0.39 is 17.1 Å². The molecule has 0 aliphatic rings. The molecule has 6 heteroatoms. The van der Waals surface area contributed by atoms with Crippen LogP contribution < -0.4 is 0 Å². The smallest absolute Gasteiger partial charge is 0.369 e. The van der Waals surface area contributed by atoms with Gasteiger partial charge in [-0.25, -0.2) is 0 Å². The predicted molar refractivity (Wildman–Crippen MR) is 152 cm³/mol. The molecule has 0 aromatic heterocycles. The van der Waals surface area contributed by atoms with Crippen LogP contribution in [0.1, 0.15) is 126 Å². The summed E-state index contributed by atoms with van der Waals surface area (Å²) in [5.74, 6) is 0. The van der Waals surface area contributed by atoms with E-state index in [4.69, 9.17) is 17.7 Å². The zero-order valence-electron chi connectivity index (χ0n) is 23.8. The van der Waals surface area contributed by atoms with E-state index in [1.165, 1.54) is 0 Å². The van der Waals surface area contributed by atoms with Crippen molar-refractivity contribution in [3.05, 3.63) is 23.6 Å². The summed E-state index contributed by atoms with van der Waals surface area (Å²) in [6.07, 6.45) is 17.6. The third-order valence-corrected chi connectivity index (χ3v) is 15.0. The largest absolute Gasteiger partial charge is 0.391 e. The van der Waals surface area contributed by atoms with Crippen molar-refractivity contribution >= 4 is 17.1 Å². The maximum Gasteiger partial charge on any atom is 0.369 e. The highest BCUT2D eigenvalue weighted by molar-refractivity contribution is 6.92. The minimum atomic E-state index is -2.75. The van der Waals surface area contributed by atoms with Crippen LogP contribution in [-0.2, 0) is 17.7 Å². The van der Waals surface area contributed by atoms with Crippen molar-refractivity contribution in [3.63, 3.8) is 0 Å². The second-order valence-corrected chi connectivity index (χ2v) is 16.4. The summed E-state index contributed by atoms with van der Waals surface area (Å²) in [6.45, 7) is 18.6. The Morgan fingerprint density at radius 1 is 0.500 bits per heavy atom. The van der Waals surface area contributed by atoms with E-state index in [-0.39, 0.29) is 5.16 Å². The number of unbranched alkanes of at least 4 members (excludes halogenated alkanes) is 6. The fourth-order valence-corrected chi connectivity index (χ4v) is 12.5. The zero-order chi connectivity index (χ0) is 25.5. The lowest BCUT2D eigenvalue weighted by molar-refractivity contribution is 0.144. The van der Waals surface area contributed by atoms with Gasteiger partial charge in [0.2, 0.25) is 0 Å². The SMILES string of the molecule is CCCC=C[Si](OCCCC)(OCCCC)C(C)[Si](C=CCCC)(OCCCC)OCCCC. The molecule has 0 amide bonds. The lowest BCUT2D eigenvalue weighted by Crippen LogP contribution is -2.59. The zero-order valence-corrected chi connectivity index (χ0v) is 25.8. The van der Waals surface area contributed by atoms with Gasteiger partial charge in [0.15, 0.2) is 0 Å². The number of rotatable bonds is 24. The molecule has 0 rings (SSSR count). The maximum absolute atomic E-state index is 6.82. The molecule has 0 atom stereocenters. The predicted octanol–water partition coefficient (Wildman–Crippen LogP) is 8.86. The van der Waals surface area contributed by atoms with Crippen molar-refractivity contribution in [2.45, 2.75) is 131 Å². The first kappa shape index (κ1) is 33.8. The Bertz CT molecular complexity index is 447. The molecule has 0 saturated heterocycles. The van der Waals surface area contributed by atoms with Crippen molar-refractivity contribution in [3.8, 4) is 0 Å². The summed E-state index contributed by atoms with van der Waals surface area (Å²) < 4.78 is 27.3. The van der Waals surface area contributed by atoms with Crippen molar-refractivity contribution in [1.29, 1.82) is 0 Å². The Morgan fingerprint density at radius 3 is 1.03 bits per heavy atom. The van der Waals surface area contributed by atoms with E-state index in [9.17, 15) is 0 Å². The van der Waals surface area contributed by atoms with Gasteiger partial charge in [0.05, 0.1) is 5.16 Å². The van der Waals surface area contributed by atoms with Crippen LogP contribution in [0.5, 0.6) is 0 Å². The number of hydrogen-bond acceptors (Lipinski definition) is 4. The first-order chi connectivity index (χ1) is 16.5. The summed E-state index contributed by atoms with van der Waals surface area (Å²) in [5.41, 5.74) is 4.66. The van der Waals surface area contributed by atoms with Gasteiger partial charge in [-0.1, -0.05) is 99.1 Å². The molecule has 34 heavy (non-hydrogen) atoms. The summed E-state index contributed by atoms with van der Waals surface area (Å²) in [6, 6.07) is 0. The van der Waals surface area contributed by atoms with Crippen LogP contribution in [0.4, 0.5) is 0 Å². The van der Waals surface area contributed by atoms with Gasteiger partial charge in [0.1, 0.15) is 0 Å². The van der Waals surface area contributed by atoms with Crippen molar-refractivity contribution < 1.29 is 17.7 Å². The quantitative estimate of drug-likeness (QED) is 0.0952. The molecule has 0 aliphatic carbocycles. The Morgan fingerprint density at radius 2 is 0.794 bits per heavy atom. The van der Waals surface area contributed by atoms with Crippen molar-refractivity contribution in [2.24, 2.45) is 0 Å². The van der Waals surface area contributed by atoms with Gasteiger partial charge in [-0.05, 0) is 49.9 Å². The average molecular weight is 515 g/mol. The van der Waals surface area contributed by atoms with E-state index in [1.54, 1.807) is 0 Å². The minimum absolute atomic E-state index is 0.101. The Labute approximate surface area is 215 Å². The monoisotopic (exact) mass is 514 g/mol. The Hall–Kier alpha value is -0.246. The van der Waals surface area contributed by atoms with Crippen LogP contribution in [-0.4, -0.2) is 43.5 Å². The van der Waals surface area contributed by atoms with Gasteiger partial charge in [-0.3, -0.25) is 0 Å². The lowest BCUT2D eigenvalue weighted by Gasteiger charge is -2.42. The minimum Gasteiger partial charge on any atom is -0.391 e. The van der Waals surface area contributed by atoms with Crippen LogP contribution in [0.15, 0.2) is 23.6 Å². The van der Waals surface area contributed by atoms with Crippen LogP contribution >= 0.6 is 0 Å². The summed E-state index contributed by atoms with van der Waals surface area (Å²) in [5, 5.41) is 0.101. The van der Waals surface area contributed by atoms with Crippen LogP contribution in [0, 0.1) is 0 Å². The topological polar surface area (TPSA) is 36.9 Å². The summed E-state index contributed by atoms with van der Waals surface area (Å²) in [4.78, 5) is 0. The molecule has 0 aliphatic heterocycles. The highest BCUT2D eigenvalue weighted by Crippen LogP contribution is 2.38. The standard InChI is InChI=1S/C28H58O4Si2/c1-8-14-20-26-33(29-22-16-10-3,30-23-17-11-4)28(7)34(27-21-15-9-2,31-24-18-12-5)32-25-19-13-6/h20-21,26-28H,8-19,22-25H2,1-7H3. The van der Waals surface area contributed by atoms with Gasteiger partial charge in [0.25, 0.3) is 0 Å². The Kier molecular flexibility index (Phi) is 21.8. The second-order valence-electron chi connectivity index (χ2n) is 9.35. The van der Waals surface area contributed by atoms with E-state index in [2.05, 4.69) is 72.0 Å². The molecule has 0 radical (unpaired) electrons. The molecule has 202 valence electrons. The highest BCUT2D eigenvalue weighted by Gasteiger charge is 2.56. The average Bonchev–Trinajstić information content (AvgIpc) is 2.84. The molecule has 0 heterocycles. The second kappa shape index (κ2) is 22.0. The molecule has 0 saturated carbocycles. The van der Waals surface area contributed by atoms with Crippen LogP contribution in [0.25, 0.3) is 0 Å². The van der Waals surface area contributed by atoms with Gasteiger partial charge >= 0.3 is 17.1 Å². The fourth-order valence-electron chi connectivity index (χ4n) is 3.68. The molecular weight excluding hydrogens is 456 g/mol. The van der Waals surface area contributed by atoms with E-state index in [0.717, 1.165) is 103 Å². The molecule has 0 aromatic carbocycles. The maximum atomic E-state index is 6.82. The highest BCUT2D eigenvalue weighted by atomic mass is 28.4. The van der Waals surface area contributed by atoms with Gasteiger partial charge in [-0.2, -0.15) is 0 Å². The van der Waals surface area contributed by atoms with Gasteiger partial charge < -0.3 is 17.7 Å². The van der Waals surface area contributed by atoms with E-state index in [1.807, 2.05) is 0 Å². The third kappa shape index (κ3) is 13.2. The first-order valence-corrected chi connectivity index (χ1v) is 18.4. The molecule has 0 bridgehead atoms. The Balaban J connectivity index is 6.44. The summed E-state index contributed by atoms with van der Waals surface area (Å²) in [7, 11) is -5.49. The third-order valence-electron chi connectivity index (χ3n) is 6.12. The molecule has 4 nitrogen and oxygen atoms in total. The van der Waals surface area contributed by atoms with Crippen molar-refractivity contribution in [2.75, 3.05) is 26.4 Å². The van der Waals surface area contributed by atoms with E-state index >= 15 is 0 Å². The van der Waals surface area contributed by atoms with E-state index in [0.29, 0.717) is 0 Å². The molecule has 0 fully saturated rings. The molecule has 0 unspecified atom stereocenters. The molecular formula is C28H58O4Si2. The summed E-state index contributed by atoms with van der Waals surface area (Å²) >= 11 is 0. The molecule has 0 spiro atoms. The fraction of sp³-hybridized carbons (Fsp3) is 0.857. The lowest BCUT2D eigenvalue weighted by atomic mass is 10.3. The molecule has 0 N–H and O–H groups in total. The van der Waals surface area contributed by atoms with Gasteiger partial charge in [0, 0.05) is 26.4 Å². The van der Waals surface area contributed by atoms with Crippen LogP contribution in [0.3, 0.4) is 0 Å². The van der Waals surface area contributed by atoms with Crippen molar-refractivity contribution in [1.82, 2.24) is 0 Å². The van der Waals surface area contributed by atoms with Crippen LogP contribution in [0.2, 0.25) is 5.16 Å². The number of hydrogen-bond donors (Lipinski definition) is 0. The van der Waals surface area contributed by atoms with Gasteiger partial charge in [-0.15, -0.1) is 0 Å².